The highest BCUT2D eigenvalue weighted by atomic mass is 35.5. The van der Waals surface area contributed by atoms with Gasteiger partial charge in [0.2, 0.25) is 5.91 Å². The van der Waals surface area contributed by atoms with Crippen LogP contribution in [0.15, 0.2) is 36.4 Å². The number of carbonyl (C=O) groups is 1. The van der Waals surface area contributed by atoms with Gasteiger partial charge in [-0.15, -0.1) is 0 Å². The zero-order valence-corrected chi connectivity index (χ0v) is 10.7. The van der Waals surface area contributed by atoms with E-state index in [1.165, 1.54) is 18.2 Å². The van der Waals surface area contributed by atoms with Gasteiger partial charge in [-0.3, -0.25) is 4.79 Å². The van der Waals surface area contributed by atoms with Crippen LogP contribution in [0.25, 0.3) is 11.1 Å². The highest BCUT2D eigenvalue weighted by Crippen LogP contribution is 2.36. The number of nitrogens with two attached hydrogens (primary N) is 1. The minimum Gasteiger partial charge on any atom is -0.366 e. The lowest BCUT2D eigenvalue weighted by Crippen LogP contribution is -2.12. The van der Waals surface area contributed by atoms with Gasteiger partial charge in [0.15, 0.2) is 0 Å². The van der Waals surface area contributed by atoms with Crippen LogP contribution in [0, 0.1) is 6.07 Å². The fraction of sp³-hybridized carbons (Fsp3) is 0.0714. The molecule has 0 aliphatic carbocycles. The maximum absolute atomic E-state index is 12.7. The average molecular weight is 299 g/mol. The second kappa shape index (κ2) is 5.17. The molecule has 0 atom stereocenters. The fourth-order valence-corrected chi connectivity index (χ4v) is 2.00. The second-order valence-corrected chi connectivity index (χ2v) is 4.44. The molecule has 0 aliphatic heterocycles. The third kappa shape index (κ3) is 2.77. The summed E-state index contributed by atoms with van der Waals surface area (Å²) < 4.78 is 38.2. The summed E-state index contributed by atoms with van der Waals surface area (Å²) >= 11 is 5.93. The molecule has 20 heavy (non-hydrogen) atoms. The third-order valence-corrected chi connectivity index (χ3v) is 3.04. The Labute approximate surface area is 118 Å². The first kappa shape index (κ1) is 14.4. The molecule has 0 aliphatic rings. The van der Waals surface area contributed by atoms with Crippen LogP contribution in [-0.4, -0.2) is 5.91 Å². The van der Waals surface area contributed by atoms with Gasteiger partial charge in [0.05, 0.1) is 5.56 Å². The van der Waals surface area contributed by atoms with Crippen LogP contribution in [0.4, 0.5) is 13.2 Å². The van der Waals surface area contributed by atoms with E-state index in [4.69, 9.17) is 17.3 Å². The van der Waals surface area contributed by atoms with Gasteiger partial charge < -0.3 is 5.73 Å². The standard InChI is InChI=1S/C14H8ClF3NO/c15-12-6-5-8(14(16,17)18)7-11(12)9-3-1-2-4-10(9)13(19)20/h1,3-7H,(H2,19,20). The van der Waals surface area contributed by atoms with Crippen LogP contribution < -0.4 is 5.73 Å². The normalized spacial score (nSPS) is 11.4. The molecule has 0 heterocycles. The van der Waals surface area contributed by atoms with E-state index in [-0.39, 0.29) is 21.7 Å². The molecular formula is C14H8ClF3NO. The van der Waals surface area contributed by atoms with Crippen LogP contribution in [0.3, 0.4) is 0 Å². The van der Waals surface area contributed by atoms with Crippen LogP contribution in [0.5, 0.6) is 0 Å². The molecule has 0 spiro atoms. The average Bonchev–Trinajstić information content (AvgIpc) is 2.38. The van der Waals surface area contributed by atoms with E-state index in [0.717, 1.165) is 18.2 Å². The Balaban J connectivity index is 2.67. The molecule has 1 radical (unpaired) electrons. The lowest BCUT2D eigenvalue weighted by atomic mass is 9.97. The number of primary amides is 1. The Bertz CT molecular complexity index is 668. The van der Waals surface area contributed by atoms with Crippen LogP contribution in [0.1, 0.15) is 15.9 Å². The summed E-state index contributed by atoms with van der Waals surface area (Å²) in [6.45, 7) is 0. The first-order chi connectivity index (χ1) is 9.30. The molecule has 0 aromatic heterocycles. The van der Waals surface area contributed by atoms with Crippen molar-refractivity contribution in [2.45, 2.75) is 6.18 Å². The number of benzene rings is 2. The number of halogens is 4. The number of hydrogen-bond acceptors (Lipinski definition) is 1. The van der Waals surface area contributed by atoms with Crippen molar-refractivity contribution < 1.29 is 18.0 Å². The molecule has 0 bridgehead atoms. The maximum Gasteiger partial charge on any atom is 0.416 e. The van der Waals surface area contributed by atoms with Gasteiger partial charge in [-0.2, -0.15) is 13.2 Å². The Hall–Kier alpha value is -2.01. The van der Waals surface area contributed by atoms with Crippen molar-refractivity contribution >= 4 is 17.5 Å². The largest absolute Gasteiger partial charge is 0.416 e. The Morgan fingerprint density at radius 1 is 1.20 bits per heavy atom. The predicted octanol–water partition coefficient (Wildman–Crippen LogP) is 3.92. The van der Waals surface area contributed by atoms with E-state index in [2.05, 4.69) is 6.07 Å². The van der Waals surface area contributed by atoms with Gasteiger partial charge in [0.25, 0.3) is 0 Å². The van der Waals surface area contributed by atoms with E-state index < -0.39 is 17.6 Å². The Morgan fingerprint density at radius 3 is 2.50 bits per heavy atom. The molecule has 0 unspecified atom stereocenters. The Morgan fingerprint density at radius 2 is 1.90 bits per heavy atom. The highest BCUT2D eigenvalue weighted by molar-refractivity contribution is 6.33. The summed E-state index contributed by atoms with van der Waals surface area (Å²) in [6.07, 6.45) is -4.49. The minimum absolute atomic E-state index is 0.0636. The lowest BCUT2D eigenvalue weighted by Gasteiger charge is -2.12. The van der Waals surface area contributed by atoms with Crippen molar-refractivity contribution in [2.75, 3.05) is 0 Å². The van der Waals surface area contributed by atoms with Gasteiger partial charge in [0, 0.05) is 16.1 Å². The van der Waals surface area contributed by atoms with Gasteiger partial charge in [0.1, 0.15) is 0 Å². The highest BCUT2D eigenvalue weighted by Gasteiger charge is 2.31. The monoisotopic (exact) mass is 298 g/mol. The number of amides is 1. The SMILES string of the molecule is NC(=O)c1c[c]ccc1-c1cc(C(F)(F)F)ccc1Cl. The van der Waals surface area contributed by atoms with Crippen LogP contribution in [-0.2, 0) is 6.18 Å². The third-order valence-electron chi connectivity index (χ3n) is 2.71. The van der Waals surface area contributed by atoms with Crippen molar-refractivity contribution in [3.63, 3.8) is 0 Å². The molecule has 2 nitrogen and oxygen atoms in total. The fourth-order valence-electron chi connectivity index (χ4n) is 1.78. The molecule has 2 rings (SSSR count). The van der Waals surface area contributed by atoms with E-state index >= 15 is 0 Å². The van der Waals surface area contributed by atoms with Crippen molar-refractivity contribution in [3.05, 3.63) is 58.6 Å². The van der Waals surface area contributed by atoms with E-state index in [1.54, 1.807) is 0 Å². The van der Waals surface area contributed by atoms with E-state index in [0.29, 0.717) is 0 Å². The first-order valence-electron chi connectivity index (χ1n) is 5.47. The summed E-state index contributed by atoms with van der Waals surface area (Å²) in [5, 5.41) is 0.103. The molecule has 1 amide bonds. The minimum atomic E-state index is -4.49. The summed E-state index contributed by atoms with van der Waals surface area (Å²) in [5.41, 5.74) is 4.76. The number of alkyl halides is 3. The zero-order chi connectivity index (χ0) is 14.9. The van der Waals surface area contributed by atoms with Crippen molar-refractivity contribution in [1.29, 1.82) is 0 Å². The van der Waals surface area contributed by atoms with Crippen LogP contribution >= 0.6 is 11.6 Å². The molecule has 0 fully saturated rings. The molecule has 0 saturated carbocycles. The van der Waals surface area contributed by atoms with E-state index in [1.807, 2.05) is 0 Å². The summed E-state index contributed by atoms with van der Waals surface area (Å²) in [4.78, 5) is 11.3. The van der Waals surface area contributed by atoms with Gasteiger partial charge in [-0.25, -0.2) is 0 Å². The molecule has 2 N–H and O–H groups in total. The molecule has 2 aromatic rings. The van der Waals surface area contributed by atoms with Crippen molar-refractivity contribution in [2.24, 2.45) is 5.73 Å². The topological polar surface area (TPSA) is 43.1 Å². The first-order valence-corrected chi connectivity index (χ1v) is 5.85. The number of rotatable bonds is 2. The maximum atomic E-state index is 12.7. The summed E-state index contributed by atoms with van der Waals surface area (Å²) in [7, 11) is 0. The molecule has 0 saturated heterocycles. The quantitative estimate of drug-likeness (QED) is 0.897. The lowest BCUT2D eigenvalue weighted by molar-refractivity contribution is -0.137. The second-order valence-electron chi connectivity index (χ2n) is 4.03. The van der Waals surface area contributed by atoms with Crippen LogP contribution in [0.2, 0.25) is 5.02 Å². The molecule has 6 heteroatoms. The number of hydrogen-bond donors (Lipinski definition) is 1. The zero-order valence-electron chi connectivity index (χ0n) is 9.96. The van der Waals surface area contributed by atoms with E-state index in [9.17, 15) is 18.0 Å². The Kier molecular flexibility index (Phi) is 3.72. The summed E-state index contributed by atoms with van der Waals surface area (Å²) in [6, 6.07) is 9.79. The van der Waals surface area contributed by atoms with Crippen molar-refractivity contribution in [3.8, 4) is 11.1 Å². The van der Waals surface area contributed by atoms with Gasteiger partial charge in [-0.1, -0.05) is 23.7 Å². The van der Waals surface area contributed by atoms with Gasteiger partial charge in [-0.05, 0) is 35.9 Å². The smallest absolute Gasteiger partial charge is 0.366 e. The predicted molar refractivity (Wildman–Crippen MR) is 69.2 cm³/mol. The molecule has 2 aromatic carbocycles. The van der Waals surface area contributed by atoms with Crippen molar-refractivity contribution in [1.82, 2.24) is 0 Å². The number of carbonyl (C=O) groups excluding carboxylic acids is 1. The molecular weight excluding hydrogens is 291 g/mol. The van der Waals surface area contributed by atoms with Gasteiger partial charge >= 0.3 is 6.18 Å². The molecule has 103 valence electrons. The summed E-state index contributed by atoms with van der Waals surface area (Å²) in [5.74, 6) is -0.759.